The van der Waals surface area contributed by atoms with Crippen LogP contribution in [0.2, 0.25) is 0 Å². The fourth-order valence-electron chi connectivity index (χ4n) is 2.99. The number of aromatic nitrogens is 3. The number of anilines is 1. The largest absolute Gasteiger partial charge is 0.356 e. The molecule has 2 saturated carbocycles. The molecule has 0 amide bonds. The van der Waals surface area contributed by atoms with Gasteiger partial charge in [-0.1, -0.05) is 0 Å². The SMILES string of the molecule is CN(c1ncnc2[nH]ccc12)C1CC(NS(=O)(=O)NC2CC2)C1. The second kappa shape index (κ2) is 5.43. The van der Waals surface area contributed by atoms with Crippen molar-refractivity contribution in [1.82, 2.24) is 24.4 Å². The summed E-state index contributed by atoms with van der Waals surface area (Å²) in [4.78, 5) is 13.7. The third kappa shape index (κ3) is 3.04. The molecule has 0 spiro atoms. The lowest BCUT2D eigenvalue weighted by molar-refractivity contribution is 0.315. The van der Waals surface area contributed by atoms with E-state index >= 15 is 0 Å². The molecule has 8 nitrogen and oxygen atoms in total. The Morgan fingerprint density at radius 2 is 1.96 bits per heavy atom. The molecular weight excluding hydrogens is 316 g/mol. The van der Waals surface area contributed by atoms with Crippen LogP contribution in [-0.4, -0.2) is 48.5 Å². The molecule has 2 heterocycles. The molecule has 2 aromatic heterocycles. The summed E-state index contributed by atoms with van der Waals surface area (Å²) in [5, 5.41) is 0.981. The van der Waals surface area contributed by atoms with E-state index in [1.54, 1.807) is 6.33 Å². The van der Waals surface area contributed by atoms with Gasteiger partial charge in [0.05, 0.1) is 5.39 Å². The van der Waals surface area contributed by atoms with Gasteiger partial charge in [-0.15, -0.1) is 0 Å². The number of hydrogen-bond acceptors (Lipinski definition) is 5. The number of H-pyrrole nitrogens is 1. The number of aromatic amines is 1. The van der Waals surface area contributed by atoms with Gasteiger partial charge in [-0.2, -0.15) is 17.9 Å². The van der Waals surface area contributed by atoms with Crippen LogP contribution in [0.4, 0.5) is 5.82 Å². The molecule has 0 radical (unpaired) electrons. The van der Waals surface area contributed by atoms with Crippen molar-refractivity contribution in [2.45, 2.75) is 43.8 Å². The highest BCUT2D eigenvalue weighted by Gasteiger charge is 2.37. The maximum atomic E-state index is 11.9. The number of fused-ring (bicyclic) bond motifs is 1. The Balaban J connectivity index is 1.38. The average Bonchev–Trinajstić information content (AvgIpc) is 3.13. The van der Waals surface area contributed by atoms with Crippen LogP contribution in [0.1, 0.15) is 25.7 Å². The first-order chi connectivity index (χ1) is 11.0. The van der Waals surface area contributed by atoms with Gasteiger partial charge in [0.15, 0.2) is 0 Å². The van der Waals surface area contributed by atoms with Crippen LogP contribution in [0.15, 0.2) is 18.6 Å². The standard InChI is InChI=1S/C14H20N6O2S/c1-20(14-12-4-5-15-13(12)16-8-17-14)11-6-10(7-11)19-23(21,22)18-9-2-3-9/h4-5,8-11,18-19H,2-3,6-7H2,1H3,(H,15,16,17). The summed E-state index contributed by atoms with van der Waals surface area (Å²) in [6.45, 7) is 0. The molecule has 0 bridgehead atoms. The Bertz CT molecular complexity index is 810. The molecule has 0 aromatic carbocycles. The summed E-state index contributed by atoms with van der Waals surface area (Å²) in [5.74, 6) is 0.874. The molecule has 2 fully saturated rings. The van der Waals surface area contributed by atoms with E-state index in [2.05, 4.69) is 29.3 Å². The molecule has 2 aliphatic rings. The Morgan fingerprint density at radius 3 is 2.70 bits per heavy atom. The fourth-order valence-corrected chi connectivity index (χ4v) is 4.36. The summed E-state index contributed by atoms with van der Waals surface area (Å²) < 4.78 is 29.2. The zero-order chi connectivity index (χ0) is 16.0. The fraction of sp³-hybridized carbons (Fsp3) is 0.571. The van der Waals surface area contributed by atoms with E-state index in [1.807, 2.05) is 19.3 Å². The highest BCUT2D eigenvalue weighted by molar-refractivity contribution is 7.87. The highest BCUT2D eigenvalue weighted by Crippen LogP contribution is 2.31. The predicted octanol–water partition coefficient (Wildman–Crippen LogP) is 0.511. The molecule has 3 N–H and O–H groups in total. The summed E-state index contributed by atoms with van der Waals surface area (Å²) in [5.41, 5.74) is 0.812. The zero-order valence-corrected chi connectivity index (χ0v) is 13.7. The minimum absolute atomic E-state index is 0.0118. The van der Waals surface area contributed by atoms with Gasteiger partial charge in [0.25, 0.3) is 10.2 Å². The topological polar surface area (TPSA) is 103 Å². The van der Waals surface area contributed by atoms with Crippen molar-refractivity contribution >= 4 is 27.1 Å². The van der Waals surface area contributed by atoms with Crippen molar-refractivity contribution in [2.75, 3.05) is 11.9 Å². The highest BCUT2D eigenvalue weighted by atomic mass is 32.2. The molecule has 2 aromatic rings. The minimum atomic E-state index is -3.37. The molecule has 0 atom stereocenters. The zero-order valence-electron chi connectivity index (χ0n) is 12.9. The Kier molecular flexibility index (Phi) is 3.51. The third-order valence-corrected chi connectivity index (χ3v) is 5.84. The molecule has 0 unspecified atom stereocenters. The lowest BCUT2D eigenvalue weighted by Gasteiger charge is -2.41. The maximum Gasteiger partial charge on any atom is 0.277 e. The van der Waals surface area contributed by atoms with Crippen molar-refractivity contribution in [1.29, 1.82) is 0 Å². The number of rotatable bonds is 6. The van der Waals surface area contributed by atoms with Gasteiger partial charge in [-0.3, -0.25) is 0 Å². The van der Waals surface area contributed by atoms with Gasteiger partial charge < -0.3 is 9.88 Å². The van der Waals surface area contributed by atoms with Gasteiger partial charge in [-0.25, -0.2) is 9.97 Å². The Hall–Kier alpha value is -1.71. The van der Waals surface area contributed by atoms with E-state index < -0.39 is 10.2 Å². The second-order valence-electron chi connectivity index (χ2n) is 6.38. The quantitative estimate of drug-likeness (QED) is 0.713. The lowest BCUT2D eigenvalue weighted by Crippen LogP contribution is -2.55. The van der Waals surface area contributed by atoms with Crippen LogP contribution in [0, 0.1) is 0 Å². The lowest BCUT2D eigenvalue weighted by atomic mass is 9.86. The van der Waals surface area contributed by atoms with E-state index in [-0.39, 0.29) is 18.1 Å². The molecule has 0 saturated heterocycles. The molecule has 0 aliphatic heterocycles. The molecule has 4 rings (SSSR count). The average molecular weight is 336 g/mol. The van der Waals surface area contributed by atoms with E-state index in [0.717, 1.165) is 42.5 Å². The second-order valence-corrected chi connectivity index (χ2v) is 7.86. The smallest absolute Gasteiger partial charge is 0.277 e. The van der Waals surface area contributed by atoms with Gasteiger partial charge in [-0.05, 0) is 31.7 Å². The van der Waals surface area contributed by atoms with Crippen LogP contribution < -0.4 is 14.3 Å². The predicted molar refractivity (Wildman–Crippen MR) is 87.3 cm³/mol. The first-order valence-corrected chi connectivity index (χ1v) is 9.30. The first-order valence-electron chi connectivity index (χ1n) is 7.82. The summed E-state index contributed by atoms with van der Waals surface area (Å²) in [6, 6.07) is 2.35. The van der Waals surface area contributed by atoms with Crippen molar-refractivity contribution in [3.05, 3.63) is 18.6 Å². The van der Waals surface area contributed by atoms with Gasteiger partial charge in [0, 0.05) is 31.4 Å². The normalized spacial score (nSPS) is 24.6. The van der Waals surface area contributed by atoms with Gasteiger partial charge in [0.1, 0.15) is 17.8 Å². The van der Waals surface area contributed by atoms with Crippen molar-refractivity contribution in [3.8, 4) is 0 Å². The van der Waals surface area contributed by atoms with Crippen LogP contribution >= 0.6 is 0 Å². The van der Waals surface area contributed by atoms with Crippen molar-refractivity contribution in [2.24, 2.45) is 0 Å². The summed E-state index contributed by atoms with van der Waals surface area (Å²) in [7, 11) is -1.37. The Morgan fingerprint density at radius 1 is 1.22 bits per heavy atom. The summed E-state index contributed by atoms with van der Waals surface area (Å²) in [6.07, 6.45) is 6.83. The van der Waals surface area contributed by atoms with Crippen molar-refractivity contribution < 1.29 is 8.42 Å². The first kappa shape index (κ1) is 14.9. The van der Waals surface area contributed by atoms with Crippen LogP contribution in [0.3, 0.4) is 0 Å². The number of hydrogen-bond donors (Lipinski definition) is 3. The van der Waals surface area contributed by atoms with E-state index in [0.29, 0.717) is 0 Å². The number of nitrogens with zero attached hydrogens (tertiary/aromatic N) is 3. The van der Waals surface area contributed by atoms with E-state index in [1.165, 1.54) is 0 Å². The van der Waals surface area contributed by atoms with Crippen LogP contribution in [-0.2, 0) is 10.2 Å². The summed E-state index contributed by atoms with van der Waals surface area (Å²) >= 11 is 0. The third-order valence-electron chi connectivity index (χ3n) is 4.55. The molecule has 23 heavy (non-hydrogen) atoms. The molecule has 124 valence electrons. The Labute approximate surface area is 134 Å². The van der Waals surface area contributed by atoms with Crippen LogP contribution in [0.5, 0.6) is 0 Å². The van der Waals surface area contributed by atoms with Gasteiger partial charge in [0.2, 0.25) is 0 Å². The molecule has 2 aliphatic carbocycles. The monoisotopic (exact) mass is 336 g/mol. The van der Waals surface area contributed by atoms with E-state index in [4.69, 9.17) is 0 Å². The minimum Gasteiger partial charge on any atom is -0.356 e. The molecular formula is C14H20N6O2S. The maximum absolute atomic E-state index is 11.9. The number of nitrogens with one attached hydrogen (secondary N) is 3. The van der Waals surface area contributed by atoms with Crippen LogP contribution in [0.25, 0.3) is 11.0 Å². The van der Waals surface area contributed by atoms with Gasteiger partial charge >= 0.3 is 0 Å². The molecule has 9 heteroatoms. The van der Waals surface area contributed by atoms with Crippen molar-refractivity contribution in [3.63, 3.8) is 0 Å². The van der Waals surface area contributed by atoms with E-state index in [9.17, 15) is 8.42 Å².